The van der Waals surface area contributed by atoms with Crippen LogP contribution in [-0.4, -0.2) is 36.4 Å². The van der Waals surface area contributed by atoms with Crippen LogP contribution in [0.5, 0.6) is 0 Å². The summed E-state index contributed by atoms with van der Waals surface area (Å²) in [5.41, 5.74) is 0. The van der Waals surface area contributed by atoms with Gasteiger partial charge in [-0.25, -0.2) is 0 Å². The summed E-state index contributed by atoms with van der Waals surface area (Å²) in [4.78, 5) is 0. The molecule has 5 nitrogen and oxygen atoms in total. The van der Waals surface area contributed by atoms with Gasteiger partial charge in [0.05, 0.1) is 12.7 Å². The van der Waals surface area contributed by atoms with E-state index in [0.29, 0.717) is 6.73 Å². The van der Waals surface area contributed by atoms with Crippen molar-refractivity contribution in [2.24, 2.45) is 0 Å². The molecule has 0 aromatic rings. The average Bonchev–Trinajstić information content (AvgIpc) is 2.31. The predicted octanol–water partition coefficient (Wildman–Crippen LogP) is 0.0539. The van der Waals surface area contributed by atoms with Crippen LogP contribution in [0, 0.1) is 0 Å². The average molecular weight is 228 g/mol. The number of ether oxygens (including phenoxy) is 1. The van der Waals surface area contributed by atoms with Gasteiger partial charge in [-0.15, -0.1) is 0 Å². The summed E-state index contributed by atoms with van der Waals surface area (Å²) in [6.45, 7) is 2.12. The Bertz CT molecular complexity index is 227. The lowest BCUT2D eigenvalue weighted by atomic mass is 10.4. The van der Waals surface area contributed by atoms with E-state index in [1.165, 1.54) is 0 Å². The maximum atomic E-state index is 8.67. The molecule has 0 aliphatic heterocycles. The van der Waals surface area contributed by atoms with Crippen LogP contribution >= 0.6 is 0 Å². The molecule has 0 heterocycles. The molecule has 0 aliphatic carbocycles. The van der Waals surface area contributed by atoms with Crippen LogP contribution < -0.4 is 10.6 Å². The second-order valence-electron chi connectivity index (χ2n) is 2.97. The highest BCUT2D eigenvalue weighted by Crippen LogP contribution is 1.85. The first-order chi connectivity index (χ1) is 7.81. The summed E-state index contributed by atoms with van der Waals surface area (Å²) < 4.78 is 5.16. The van der Waals surface area contributed by atoms with E-state index >= 15 is 0 Å². The largest absolute Gasteiger partial charge is 0.394 e. The third kappa shape index (κ3) is 10.8. The molecule has 0 fully saturated rings. The molecule has 0 spiro atoms. The van der Waals surface area contributed by atoms with Crippen molar-refractivity contribution in [2.45, 2.75) is 13.0 Å². The fourth-order valence-electron chi connectivity index (χ4n) is 0.719. The number of nitrogens with one attached hydrogen (secondary N) is 2. The lowest BCUT2D eigenvalue weighted by Crippen LogP contribution is -2.20. The monoisotopic (exact) mass is 228 g/mol. The van der Waals surface area contributed by atoms with Crippen LogP contribution in [0.4, 0.5) is 0 Å². The van der Waals surface area contributed by atoms with Crippen molar-refractivity contribution in [2.75, 3.05) is 20.1 Å². The van der Waals surface area contributed by atoms with Gasteiger partial charge >= 0.3 is 0 Å². The number of hydrogen-bond donors (Lipinski definition) is 4. The molecule has 0 radical (unpaired) electrons. The van der Waals surface area contributed by atoms with E-state index in [2.05, 4.69) is 10.6 Å². The fourth-order valence-corrected chi connectivity index (χ4v) is 0.719. The Hall–Kier alpha value is -1.30. The zero-order chi connectivity index (χ0) is 12.1. The SMILES string of the molecule is CC(CO)OCN/C=C/C=C/C=C/NCO. The summed E-state index contributed by atoms with van der Waals surface area (Å²) in [6, 6.07) is 0. The van der Waals surface area contributed by atoms with Gasteiger partial charge in [0.25, 0.3) is 0 Å². The Morgan fingerprint density at radius 3 is 2.25 bits per heavy atom. The van der Waals surface area contributed by atoms with Crippen molar-refractivity contribution >= 4 is 0 Å². The Labute approximate surface area is 96.1 Å². The molecule has 0 bridgehead atoms. The molecule has 0 saturated carbocycles. The van der Waals surface area contributed by atoms with E-state index in [9.17, 15) is 0 Å². The fraction of sp³-hybridized carbons (Fsp3) is 0.455. The molecule has 0 aromatic carbocycles. The maximum absolute atomic E-state index is 8.67. The molecule has 0 amide bonds. The quantitative estimate of drug-likeness (QED) is 0.255. The lowest BCUT2D eigenvalue weighted by Gasteiger charge is -2.08. The molecule has 92 valence electrons. The molecule has 1 atom stereocenters. The highest BCUT2D eigenvalue weighted by Gasteiger charge is 1.95. The zero-order valence-corrected chi connectivity index (χ0v) is 9.47. The van der Waals surface area contributed by atoms with Gasteiger partial charge in [0.15, 0.2) is 0 Å². The first kappa shape index (κ1) is 14.7. The van der Waals surface area contributed by atoms with Crippen LogP contribution in [0.25, 0.3) is 0 Å². The second kappa shape index (κ2) is 11.8. The number of allylic oxidation sites excluding steroid dienone is 4. The molecule has 0 aromatic heterocycles. The highest BCUT2D eigenvalue weighted by atomic mass is 16.5. The topological polar surface area (TPSA) is 73.8 Å². The molecule has 4 N–H and O–H groups in total. The first-order valence-electron chi connectivity index (χ1n) is 5.09. The summed E-state index contributed by atoms with van der Waals surface area (Å²) in [5.74, 6) is 0. The van der Waals surface area contributed by atoms with Gasteiger partial charge in [0, 0.05) is 0 Å². The summed E-state index contributed by atoms with van der Waals surface area (Å²) >= 11 is 0. The van der Waals surface area contributed by atoms with Gasteiger partial charge in [-0.3, -0.25) is 0 Å². The normalized spacial score (nSPS) is 13.9. The highest BCUT2D eigenvalue weighted by molar-refractivity contribution is 5.09. The third-order valence-electron chi connectivity index (χ3n) is 1.56. The molecule has 0 saturated heterocycles. The van der Waals surface area contributed by atoms with Gasteiger partial charge in [0.2, 0.25) is 0 Å². The van der Waals surface area contributed by atoms with Crippen LogP contribution in [0.1, 0.15) is 6.92 Å². The van der Waals surface area contributed by atoms with Crippen molar-refractivity contribution in [1.29, 1.82) is 0 Å². The van der Waals surface area contributed by atoms with Gasteiger partial charge < -0.3 is 25.6 Å². The van der Waals surface area contributed by atoms with Crippen LogP contribution in [0.15, 0.2) is 36.7 Å². The van der Waals surface area contributed by atoms with E-state index in [0.717, 1.165) is 0 Å². The summed E-state index contributed by atoms with van der Waals surface area (Å²) in [5, 5.41) is 22.6. The first-order valence-corrected chi connectivity index (χ1v) is 5.09. The standard InChI is InChI=1S/C11H20N2O3/c1-11(8-14)16-10-13-7-5-3-2-4-6-12-9-15/h2-7,11-15H,8-10H2,1H3/b3-2+,6-4+,7-5+. The van der Waals surface area contributed by atoms with E-state index < -0.39 is 0 Å². The smallest absolute Gasteiger partial charge is 0.116 e. The van der Waals surface area contributed by atoms with Gasteiger partial charge in [-0.1, -0.05) is 12.2 Å². The van der Waals surface area contributed by atoms with E-state index in [4.69, 9.17) is 14.9 Å². The molecule has 1 unspecified atom stereocenters. The van der Waals surface area contributed by atoms with Crippen LogP contribution in [-0.2, 0) is 4.74 Å². The number of rotatable bonds is 9. The Kier molecular flexibility index (Phi) is 10.8. The number of hydrogen-bond acceptors (Lipinski definition) is 5. The minimum atomic E-state index is -0.149. The van der Waals surface area contributed by atoms with E-state index in [1.54, 1.807) is 25.4 Å². The van der Waals surface area contributed by atoms with Crippen molar-refractivity contribution in [1.82, 2.24) is 10.6 Å². The molecule has 0 aliphatic rings. The molecule has 0 rings (SSSR count). The minimum absolute atomic E-state index is 0.0218. The molecular weight excluding hydrogens is 208 g/mol. The van der Waals surface area contributed by atoms with E-state index in [1.807, 2.05) is 18.2 Å². The number of aliphatic hydroxyl groups excluding tert-OH is 2. The zero-order valence-electron chi connectivity index (χ0n) is 9.47. The second-order valence-corrected chi connectivity index (χ2v) is 2.97. The Morgan fingerprint density at radius 2 is 1.69 bits per heavy atom. The van der Waals surface area contributed by atoms with Crippen molar-refractivity contribution in [3.8, 4) is 0 Å². The van der Waals surface area contributed by atoms with Crippen molar-refractivity contribution in [3.63, 3.8) is 0 Å². The van der Waals surface area contributed by atoms with Crippen molar-refractivity contribution in [3.05, 3.63) is 36.7 Å². The van der Waals surface area contributed by atoms with E-state index in [-0.39, 0.29) is 19.4 Å². The third-order valence-corrected chi connectivity index (χ3v) is 1.56. The maximum Gasteiger partial charge on any atom is 0.116 e. The number of aliphatic hydroxyl groups is 2. The Morgan fingerprint density at radius 1 is 1.06 bits per heavy atom. The summed E-state index contributed by atoms with van der Waals surface area (Å²) in [6.07, 6.45) is 10.5. The predicted molar refractivity (Wildman–Crippen MR) is 63.3 cm³/mol. The summed E-state index contributed by atoms with van der Waals surface area (Å²) in [7, 11) is 0. The van der Waals surface area contributed by atoms with Crippen molar-refractivity contribution < 1.29 is 14.9 Å². The van der Waals surface area contributed by atoms with Gasteiger partial charge in [0.1, 0.15) is 13.5 Å². The Balaban J connectivity index is 3.40. The molecule has 16 heavy (non-hydrogen) atoms. The lowest BCUT2D eigenvalue weighted by molar-refractivity contribution is 0.0198. The minimum Gasteiger partial charge on any atom is -0.394 e. The van der Waals surface area contributed by atoms with Crippen LogP contribution in [0.3, 0.4) is 0 Å². The molecular formula is C11H20N2O3. The molecule has 5 heteroatoms. The van der Waals surface area contributed by atoms with Gasteiger partial charge in [-0.05, 0) is 31.5 Å². The van der Waals surface area contributed by atoms with Crippen LogP contribution in [0.2, 0.25) is 0 Å². The van der Waals surface area contributed by atoms with Gasteiger partial charge in [-0.2, -0.15) is 0 Å².